The van der Waals surface area contributed by atoms with Gasteiger partial charge in [0.25, 0.3) is 0 Å². The summed E-state index contributed by atoms with van der Waals surface area (Å²) in [5.41, 5.74) is 6.39. The van der Waals surface area contributed by atoms with Crippen LogP contribution in [0.3, 0.4) is 0 Å². The predicted molar refractivity (Wildman–Crippen MR) is 110 cm³/mol. The predicted octanol–water partition coefficient (Wildman–Crippen LogP) is 4.24. The number of halogens is 4. The fourth-order valence-corrected chi connectivity index (χ4v) is 3.81. The Morgan fingerprint density at radius 3 is 2.62 bits per heavy atom. The summed E-state index contributed by atoms with van der Waals surface area (Å²) >= 11 is 0. The molecular weight excluding hydrogens is 424 g/mol. The first kappa shape index (κ1) is 21.6. The van der Waals surface area contributed by atoms with Gasteiger partial charge in [-0.2, -0.15) is 13.2 Å². The molecule has 0 fully saturated rings. The number of fused-ring (bicyclic) bond motifs is 1. The van der Waals surface area contributed by atoms with Crippen molar-refractivity contribution in [2.45, 2.75) is 31.5 Å². The molecule has 1 atom stereocenters. The van der Waals surface area contributed by atoms with Gasteiger partial charge in [-0.05, 0) is 48.4 Å². The standard InChI is InChI=1S/C23H18F4N4O/c1-22(10-14-11-29-7-6-16(14)21(28)31-22)17-8-13(2-4-18(17)24)9-20(32)19-5-3-15(12-30-19)23(25,26)27/h2-8,11-12H,9-10H2,1H3,(H2,28,31). The van der Waals surface area contributed by atoms with Crippen LogP contribution in [0, 0.1) is 5.82 Å². The van der Waals surface area contributed by atoms with E-state index in [9.17, 15) is 22.4 Å². The Morgan fingerprint density at radius 1 is 1.16 bits per heavy atom. The molecule has 0 amide bonds. The van der Waals surface area contributed by atoms with Gasteiger partial charge in [0.1, 0.15) is 17.3 Å². The molecule has 0 aliphatic carbocycles. The summed E-state index contributed by atoms with van der Waals surface area (Å²) in [6, 6.07) is 7.82. The lowest BCUT2D eigenvalue weighted by Gasteiger charge is -2.32. The van der Waals surface area contributed by atoms with Crippen LogP contribution in [0.5, 0.6) is 0 Å². The number of aliphatic imine (C=N–C) groups is 1. The van der Waals surface area contributed by atoms with Gasteiger partial charge >= 0.3 is 6.18 Å². The monoisotopic (exact) mass is 442 g/mol. The van der Waals surface area contributed by atoms with Crippen molar-refractivity contribution >= 4 is 11.6 Å². The molecule has 2 aromatic heterocycles. The van der Waals surface area contributed by atoms with Crippen molar-refractivity contribution in [3.63, 3.8) is 0 Å². The molecule has 1 unspecified atom stereocenters. The minimum absolute atomic E-state index is 0.102. The van der Waals surface area contributed by atoms with Gasteiger partial charge < -0.3 is 5.73 Å². The summed E-state index contributed by atoms with van der Waals surface area (Å²) in [6.45, 7) is 1.75. The number of alkyl halides is 3. The SMILES string of the molecule is CC1(c2cc(CC(=O)c3ccc(C(F)(F)F)cn3)ccc2F)Cc2cnccc2C(N)=N1. The van der Waals surface area contributed by atoms with Gasteiger partial charge in [0, 0.05) is 42.6 Å². The minimum atomic E-state index is -4.54. The highest BCUT2D eigenvalue weighted by atomic mass is 19.4. The normalized spacial score (nSPS) is 18.1. The fraction of sp³-hybridized carbons (Fsp3) is 0.217. The number of ketones is 1. The molecule has 9 heteroatoms. The van der Waals surface area contributed by atoms with Crippen LogP contribution < -0.4 is 5.73 Å². The molecule has 0 bridgehead atoms. The minimum Gasteiger partial charge on any atom is -0.383 e. The molecule has 5 nitrogen and oxygen atoms in total. The summed E-state index contributed by atoms with van der Waals surface area (Å²) in [5.74, 6) is -0.714. The number of carbonyl (C=O) groups excluding carboxylic acids is 1. The number of aromatic nitrogens is 2. The molecule has 1 aromatic carbocycles. The number of Topliss-reactive ketones (excluding diaryl/α,β-unsaturated/α-hetero) is 1. The van der Waals surface area contributed by atoms with Gasteiger partial charge in [0.05, 0.1) is 11.1 Å². The van der Waals surface area contributed by atoms with E-state index in [1.807, 2.05) is 0 Å². The number of carbonyl (C=O) groups is 1. The van der Waals surface area contributed by atoms with Crippen molar-refractivity contribution in [3.8, 4) is 0 Å². The lowest BCUT2D eigenvalue weighted by Crippen LogP contribution is -2.34. The van der Waals surface area contributed by atoms with Crippen molar-refractivity contribution in [2.75, 3.05) is 0 Å². The molecule has 1 aliphatic rings. The summed E-state index contributed by atoms with van der Waals surface area (Å²) in [4.78, 5) is 24.8. The topological polar surface area (TPSA) is 81.2 Å². The molecule has 1 aliphatic heterocycles. The number of hydrogen-bond acceptors (Lipinski definition) is 5. The number of nitrogens with two attached hydrogens (primary N) is 1. The molecule has 3 heterocycles. The average Bonchev–Trinajstić information content (AvgIpc) is 2.74. The maximum absolute atomic E-state index is 14.8. The molecular formula is C23H18F4N4O. The quantitative estimate of drug-likeness (QED) is 0.484. The van der Waals surface area contributed by atoms with E-state index in [1.54, 1.807) is 25.4 Å². The number of amidine groups is 1. The van der Waals surface area contributed by atoms with Crippen LogP contribution in [0.15, 0.2) is 60.0 Å². The molecule has 2 N–H and O–H groups in total. The Kier molecular flexibility index (Phi) is 5.28. The van der Waals surface area contributed by atoms with E-state index in [4.69, 9.17) is 5.73 Å². The van der Waals surface area contributed by atoms with Crippen LogP contribution >= 0.6 is 0 Å². The molecule has 164 valence electrons. The molecule has 4 rings (SSSR count). The molecule has 0 radical (unpaired) electrons. The number of benzene rings is 1. The van der Waals surface area contributed by atoms with E-state index >= 15 is 0 Å². The van der Waals surface area contributed by atoms with Crippen molar-refractivity contribution in [2.24, 2.45) is 10.7 Å². The third kappa shape index (κ3) is 4.10. The first-order valence-electron chi connectivity index (χ1n) is 9.71. The van der Waals surface area contributed by atoms with E-state index < -0.39 is 28.9 Å². The first-order chi connectivity index (χ1) is 15.1. The van der Waals surface area contributed by atoms with Crippen molar-refractivity contribution in [1.82, 2.24) is 9.97 Å². The maximum atomic E-state index is 14.8. The fourth-order valence-electron chi connectivity index (χ4n) is 3.81. The lowest BCUT2D eigenvalue weighted by molar-refractivity contribution is -0.137. The number of rotatable bonds is 4. The van der Waals surface area contributed by atoms with E-state index in [0.29, 0.717) is 18.2 Å². The molecule has 0 saturated carbocycles. The zero-order chi connectivity index (χ0) is 23.1. The van der Waals surface area contributed by atoms with Crippen molar-refractivity contribution in [1.29, 1.82) is 0 Å². The summed E-state index contributed by atoms with van der Waals surface area (Å²) in [5, 5.41) is 0. The highest BCUT2D eigenvalue weighted by Crippen LogP contribution is 2.36. The Balaban J connectivity index is 1.61. The Bertz CT molecular complexity index is 1220. The third-order valence-corrected chi connectivity index (χ3v) is 5.43. The summed E-state index contributed by atoms with van der Waals surface area (Å²) in [7, 11) is 0. The van der Waals surface area contributed by atoms with Crippen LogP contribution in [0.4, 0.5) is 17.6 Å². The Hall–Kier alpha value is -3.62. The first-order valence-corrected chi connectivity index (χ1v) is 9.71. The largest absolute Gasteiger partial charge is 0.417 e. The van der Waals surface area contributed by atoms with Gasteiger partial charge in [0.2, 0.25) is 0 Å². The van der Waals surface area contributed by atoms with Crippen LogP contribution in [-0.2, 0) is 24.6 Å². The molecule has 32 heavy (non-hydrogen) atoms. The number of hydrogen-bond donors (Lipinski definition) is 1. The smallest absolute Gasteiger partial charge is 0.383 e. The molecule has 0 spiro atoms. The summed E-state index contributed by atoms with van der Waals surface area (Å²) < 4.78 is 52.9. The lowest BCUT2D eigenvalue weighted by atomic mass is 9.81. The van der Waals surface area contributed by atoms with Crippen LogP contribution in [0.1, 0.15) is 45.2 Å². The van der Waals surface area contributed by atoms with E-state index in [0.717, 1.165) is 23.3 Å². The van der Waals surface area contributed by atoms with Crippen LogP contribution in [-0.4, -0.2) is 21.6 Å². The van der Waals surface area contributed by atoms with Crippen molar-refractivity contribution in [3.05, 3.63) is 94.3 Å². The van der Waals surface area contributed by atoms with Crippen LogP contribution in [0.25, 0.3) is 0 Å². The van der Waals surface area contributed by atoms with Gasteiger partial charge in [-0.1, -0.05) is 6.07 Å². The second-order valence-corrected chi connectivity index (χ2v) is 7.82. The molecule has 0 saturated heterocycles. The second-order valence-electron chi connectivity index (χ2n) is 7.82. The third-order valence-electron chi connectivity index (χ3n) is 5.43. The maximum Gasteiger partial charge on any atom is 0.417 e. The van der Waals surface area contributed by atoms with E-state index in [2.05, 4.69) is 15.0 Å². The zero-order valence-corrected chi connectivity index (χ0v) is 16.9. The highest BCUT2D eigenvalue weighted by molar-refractivity contribution is 6.00. The van der Waals surface area contributed by atoms with Gasteiger partial charge in [0.15, 0.2) is 5.78 Å². The summed E-state index contributed by atoms with van der Waals surface area (Å²) in [6.07, 6.45) is -0.435. The van der Waals surface area contributed by atoms with Crippen molar-refractivity contribution < 1.29 is 22.4 Å². The number of nitrogens with zero attached hydrogens (tertiary/aromatic N) is 3. The highest BCUT2D eigenvalue weighted by Gasteiger charge is 2.35. The average molecular weight is 442 g/mol. The second kappa shape index (κ2) is 7.81. The van der Waals surface area contributed by atoms with E-state index in [1.165, 1.54) is 18.2 Å². The Labute approximate surface area is 181 Å². The van der Waals surface area contributed by atoms with E-state index in [-0.39, 0.29) is 23.5 Å². The van der Waals surface area contributed by atoms with Gasteiger partial charge in [-0.3, -0.25) is 19.8 Å². The molecule has 3 aromatic rings. The van der Waals surface area contributed by atoms with Gasteiger partial charge in [-0.15, -0.1) is 0 Å². The van der Waals surface area contributed by atoms with Gasteiger partial charge in [-0.25, -0.2) is 4.39 Å². The Morgan fingerprint density at radius 2 is 1.94 bits per heavy atom. The van der Waals surface area contributed by atoms with Crippen LogP contribution in [0.2, 0.25) is 0 Å². The zero-order valence-electron chi connectivity index (χ0n) is 16.9. The number of pyridine rings is 2.